The first kappa shape index (κ1) is 16.2. The van der Waals surface area contributed by atoms with E-state index < -0.39 is 0 Å². The lowest BCUT2D eigenvalue weighted by Gasteiger charge is -2.23. The van der Waals surface area contributed by atoms with Crippen LogP contribution >= 0.6 is 0 Å². The van der Waals surface area contributed by atoms with Gasteiger partial charge in [0.2, 0.25) is 5.95 Å². The number of amides is 1. The predicted octanol–water partition coefficient (Wildman–Crippen LogP) is 2.82. The maximum absolute atomic E-state index is 13.1. The molecular weight excluding hydrogens is 304 g/mol. The van der Waals surface area contributed by atoms with Crippen molar-refractivity contribution < 1.29 is 9.53 Å². The summed E-state index contributed by atoms with van der Waals surface area (Å²) in [6, 6.07) is 7.58. The maximum atomic E-state index is 13.1. The summed E-state index contributed by atoms with van der Waals surface area (Å²) in [6.45, 7) is 2.54. The summed E-state index contributed by atoms with van der Waals surface area (Å²) in [5, 5.41) is 2.90. The highest BCUT2D eigenvalue weighted by Crippen LogP contribution is 2.34. The van der Waals surface area contributed by atoms with Gasteiger partial charge in [-0.2, -0.15) is 0 Å². The molecule has 1 aromatic heterocycles. The minimum Gasteiger partial charge on any atom is -0.496 e. The molecule has 6 nitrogen and oxygen atoms in total. The summed E-state index contributed by atoms with van der Waals surface area (Å²) in [5.74, 6) is 1.19. The van der Waals surface area contributed by atoms with Gasteiger partial charge in [-0.05, 0) is 44.4 Å². The SMILES string of the molecule is CNc1nc(C)cc(C(=O)N2CCCCc3c(OC)cccc32)n1. The Kier molecular flexibility index (Phi) is 4.64. The summed E-state index contributed by atoms with van der Waals surface area (Å²) in [6.07, 6.45) is 2.89. The van der Waals surface area contributed by atoms with E-state index in [0.717, 1.165) is 42.0 Å². The summed E-state index contributed by atoms with van der Waals surface area (Å²) in [4.78, 5) is 23.5. The van der Waals surface area contributed by atoms with Crippen LogP contribution in [0.15, 0.2) is 24.3 Å². The molecule has 0 saturated heterocycles. The van der Waals surface area contributed by atoms with Crippen molar-refractivity contribution in [3.63, 3.8) is 0 Å². The molecule has 0 saturated carbocycles. The van der Waals surface area contributed by atoms with Crippen LogP contribution in [0.1, 0.15) is 34.6 Å². The molecule has 24 heavy (non-hydrogen) atoms. The van der Waals surface area contributed by atoms with Crippen LogP contribution in [-0.2, 0) is 6.42 Å². The highest BCUT2D eigenvalue weighted by molar-refractivity contribution is 6.05. The van der Waals surface area contributed by atoms with E-state index in [1.807, 2.05) is 30.0 Å². The van der Waals surface area contributed by atoms with Crippen molar-refractivity contribution >= 4 is 17.5 Å². The van der Waals surface area contributed by atoms with Gasteiger partial charge in [0.1, 0.15) is 11.4 Å². The molecule has 1 aromatic carbocycles. The largest absolute Gasteiger partial charge is 0.496 e. The van der Waals surface area contributed by atoms with Crippen LogP contribution in [0, 0.1) is 6.92 Å². The zero-order chi connectivity index (χ0) is 17.1. The normalized spacial score (nSPS) is 13.9. The van der Waals surface area contributed by atoms with Crippen molar-refractivity contribution in [3.8, 4) is 5.75 Å². The predicted molar refractivity (Wildman–Crippen MR) is 93.9 cm³/mol. The molecule has 0 atom stereocenters. The molecule has 1 aliphatic heterocycles. The molecule has 3 rings (SSSR count). The van der Waals surface area contributed by atoms with Crippen LogP contribution in [0.4, 0.5) is 11.6 Å². The van der Waals surface area contributed by atoms with Crippen LogP contribution in [0.5, 0.6) is 5.75 Å². The lowest BCUT2D eigenvalue weighted by atomic mass is 10.1. The molecule has 1 N–H and O–H groups in total. The summed E-state index contributed by atoms with van der Waals surface area (Å²) in [7, 11) is 3.41. The van der Waals surface area contributed by atoms with Gasteiger partial charge in [0.05, 0.1) is 12.8 Å². The number of aryl methyl sites for hydroxylation is 1. The average Bonchev–Trinajstić information content (AvgIpc) is 2.82. The van der Waals surface area contributed by atoms with Crippen LogP contribution in [0.25, 0.3) is 0 Å². The molecule has 126 valence electrons. The number of anilines is 2. The van der Waals surface area contributed by atoms with E-state index in [-0.39, 0.29) is 5.91 Å². The second-order valence-electron chi connectivity index (χ2n) is 5.84. The molecule has 0 spiro atoms. The number of nitrogens with one attached hydrogen (secondary N) is 1. The fourth-order valence-electron chi connectivity index (χ4n) is 3.08. The van der Waals surface area contributed by atoms with Crippen molar-refractivity contribution in [2.75, 3.05) is 30.9 Å². The quantitative estimate of drug-likeness (QED) is 0.939. The topological polar surface area (TPSA) is 67.4 Å². The Labute approximate surface area is 141 Å². The molecule has 2 aromatic rings. The van der Waals surface area contributed by atoms with Gasteiger partial charge in [-0.3, -0.25) is 4.79 Å². The first-order chi connectivity index (χ1) is 11.6. The van der Waals surface area contributed by atoms with Gasteiger partial charge in [-0.25, -0.2) is 9.97 Å². The zero-order valence-corrected chi connectivity index (χ0v) is 14.3. The Balaban J connectivity index is 2.03. The number of rotatable bonds is 3. The molecule has 6 heteroatoms. The third-order valence-corrected chi connectivity index (χ3v) is 4.22. The van der Waals surface area contributed by atoms with Crippen LogP contribution < -0.4 is 15.0 Å². The Hall–Kier alpha value is -2.63. The van der Waals surface area contributed by atoms with E-state index in [1.165, 1.54) is 0 Å². The summed E-state index contributed by atoms with van der Waals surface area (Å²) in [5.41, 5.74) is 3.17. The van der Waals surface area contributed by atoms with Crippen LogP contribution in [-0.4, -0.2) is 36.6 Å². The smallest absolute Gasteiger partial charge is 0.277 e. The Morgan fingerprint density at radius 1 is 1.29 bits per heavy atom. The monoisotopic (exact) mass is 326 g/mol. The number of benzene rings is 1. The van der Waals surface area contributed by atoms with Gasteiger partial charge in [0.25, 0.3) is 5.91 Å². The van der Waals surface area contributed by atoms with Gasteiger partial charge >= 0.3 is 0 Å². The molecule has 2 heterocycles. The fourth-order valence-corrected chi connectivity index (χ4v) is 3.08. The molecule has 0 radical (unpaired) electrons. The Bertz CT molecular complexity index is 761. The highest BCUT2D eigenvalue weighted by Gasteiger charge is 2.25. The minimum atomic E-state index is -0.103. The number of fused-ring (bicyclic) bond motifs is 1. The van der Waals surface area contributed by atoms with E-state index in [9.17, 15) is 4.79 Å². The number of ether oxygens (including phenoxy) is 1. The van der Waals surface area contributed by atoms with Gasteiger partial charge in [0, 0.05) is 24.8 Å². The number of carbonyl (C=O) groups excluding carboxylic acids is 1. The molecule has 0 aliphatic carbocycles. The van der Waals surface area contributed by atoms with Crippen molar-refractivity contribution in [2.24, 2.45) is 0 Å². The average molecular weight is 326 g/mol. The third kappa shape index (κ3) is 3.04. The number of aromatic nitrogens is 2. The summed E-state index contributed by atoms with van der Waals surface area (Å²) >= 11 is 0. The lowest BCUT2D eigenvalue weighted by Crippen LogP contribution is -2.32. The van der Waals surface area contributed by atoms with Gasteiger partial charge in [-0.15, -0.1) is 0 Å². The van der Waals surface area contributed by atoms with Gasteiger partial charge in [0.15, 0.2) is 0 Å². The molecule has 1 amide bonds. The van der Waals surface area contributed by atoms with E-state index in [0.29, 0.717) is 18.2 Å². The number of carbonyl (C=O) groups is 1. The fraction of sp³-hybridized carbons (Fsp3) is 0.389. The van der Waals surface area contributed by atoms with Crippen LogP contribution in [0.2, 0.25) is 0 Å². The third-order valence-electron chi connectivity index (χ3n) is 4.22. The van der Waals surface area contributed by atoms with Crippen molar-refractivity contribution in [3.05, 3.63) is 41.2 Å². The number of methoxy groups -OCH3 is 1. The van der Waals surface area contributed by atoms with Crippen LogP contribution in [0.3, 0.4) is 0 Å². The molecule has 0 bridgehead atoms. The molecule has 0 unspecified atom stereocenters. The molecular formula is C18H22N4O2. The first-order valence-corrected chi connectivity index (χ1v) is 8.15. The Morgan fingerprint density at radius 3 is 2.88 bits per heavy atom. The standard InChI is InChI=1S/C18H22N4O2/c1-12-11-14(21-18(19-2)20-12)17(23)22-10-5-4-7-13-15(22)8-6-9-16(13)24-3/h6,8-9,11H,4-5,7,10H2,1-3H3,(H,19,20,21). The van der Waals surface area contributed by atoms with Crippen molar-refractivity contribution in [1.82, 2.24) is 9.97 Å². The molecule has 1 aliphatic rings. The number of nitrogens with zero attached hydrogens (tertiary/aromatic N) is 3. The van der Waals surface area contributed by atoms with E-state index in [2.05, 4.69) is 15.3 Å². The lowest BCUT2D eigenvalue weighted by molar-refractivity contribution is 0.0982. The zero-order valence-electron chi connectivity index (χ0n) is 14.3. The number of hydrogen-bond donors (Lipinski definition) is 1. The van der Waals surface area contributed by atoms with Crippen molar-refractivity contribution in [1.29, 1.82) is 0 Å². The second kappa shape index (κ2) is 6.86. The van der Waals surface area contributed by atoms with Crippen molar-refractivity contribution in [2.45, 2.75) is 26.2 Å². The van der Waals surface area contributed by atoms with E-state index in [1.54, 1.807) is 20.2 Å². The maximum Gasteiger partial charge on any atom is 0.277 e. The van der Waals surface area contributed by atoms with E-state index >= 15 is 0 Å². The summed E-state index contributed by atoms with van der Waals surface area (Å²) < 4.78 is 5.48. The second-order valence-corrected chi connectivity index (χ2v) is 5.84. The van der Waals surface area contributed by atoms with Gasteiger partial charge < -0.3 is 15.0 Å². The Morgan fingerprint density at radius 2 is 2.12 bits per heavy atom. The first-order valence-electron chi connectivity index (χ1n) is 8.15. The minimum absolute atomic E-state index is 0.103. The molecule has 0 fully saturated rings. The van der Waals surface area contributed by atoms with Gasteiger partial charge in [-0.1, -0.05) is 6.07 Å². The number of hydrogen-bond acceptors (Lipinski definition) is 5. The highest BCUT2D eigenvalue weighted by atomic mass is 16.5. The van der Waals surface area contributed by atoms with E-state index in [4.69, 9.17) is 4.74 Å².